The van der Waals surface area contributed by atoms with Gasteiger partial charge in [-0.3, -0.25) is 4.79 Å². The number of hydrogen-bond donors (Lipinski definition) is 2. The number of benzene rings is 3. The monoisotopic (exact) mass is 451 g/mol. The van der Waals surface area contributed by atoms with Crippen LogP contribution < -0.4 is 10.6 Å². The number of hydrogen-bond acceptors (Lipinski definition) is 5. The van der Waals surface area contributed by atoms with Crippen LogP contribution in [0.15, 0.2) is 83.8 Å². The molecule has 1 aliphatic heterocycles. The maximum atomic E-state index is 13.5. The SMILES string of the molecule is O=C(Nc1ccccc1)c1ccc(NCc2ccccc2)c(S(=O)(=O)N2CCOCC2)c1. The summed E-state index contributed by atoms with van der Waals surface area (Å²) in [5, 5.41) is 6.03. The standard InChI is InChI=1S/C24H25N3O4S/c28-24(26-21-9-5-2-6-10-21)20-11-12-22(25-18-19-7-3-1-4-8-19)23(17-20)32(29,30)27-13-15-31-16-14-27/h1-12,17,25H,13-16,18H2,(H,26,28). The molecule has 8 heteroatoms. The second kappa shape index (κ2) is 9.95. The number of ether oxygens (including phenoxy) is 1. The first kappa shape index (κ1) is 22.0. The molecule has 1 heterocycles. The van der Waals surface area contributed by atoms with Crippen LogP contribution in [0.2, 0.25) is 0 Å². The van der Waals surface area contributed by atoms with Gasteiger partial charge < -0.3 is 15.4 Å². The Hall–Kier alpha value is -3.20. The van der Waals surface area contributed by atoms with Crippen molar-refractivity contribution in [1.82, 2.24) is 4.31 Å². The van der Waals surface area contributed by atoms with Crippen molar-refractivity contribution in [2.24, 2.45) is 0 Å². The van der Waals surface area contributed by atoms with Crippen LogP contribution in [-0.4, -0.2) is 44.9 Å². The summed E-state index contributed by atoms with van der Waals surface area (Å²) >= 11 is 0. The molecule has 0 radical (unpaired) electrons. The lowest BCUT2D eigenvalue weighted by atomic mass is 10.1. The van der Waals surface area contributed by atoms with E-state index in [0.717, 1.165) is 5.56 Å². The van der Waals surface area contributed by atoms with Crippen molar-refractivity contribution in [3.05, 3.63) is 90.0 Å². The minimum atomic E-state index is -3.82. The highest BCUT2D eigenvalue weighted by Crippen LogP contribution is 2.28. The Labute approximate surface area is 188 Å². The summed E-state index contributed by atoms with van der Waals surface area (Å²) < 4.78 is 33.6. The van der Waals surface area contributed by atoms with Crippen LogP contribution in [0.3, 0.4) is 0 Å². The third kappa shape index (κ3) is 5.16. The van der Waals surface area contributed by atoms with Crippen LogP contribution in [0.4, 0.5) is 11.4 Å². The van der Waals surface area contributed by atoms with Crippen LogP contribution in [-0.2, 0) is 21.3 Å². The van der Waals surface area contributed by atoms with Gasteiger partial charge in [0.1, 0.15) is 4.90 Å². The summed E-state index contributed by atoms with van der Waals surface area (Å²) in [5.41, 5.74) is 2.39. The van der Waals surface area contributed by atoms with Crippen molar-refractivity contribution in [3.8, 4) is 0 Å². The normalized spacial score (nSPS) is 14.6. The van der Waals surface area contributed by atoms with Crippen LogP contribution >= 0.6 is 0 Å². The second-order valence-corrected chi connectivity index (χ2v) is 9.29. The van der Waals surface area contributed by atoms with Gasteiger partial charge in [-0.25, -0.2) is 8.42 Å². The molecule has 4 rings (SSSR count). The van der Waals surface area contributed by atoms with E-state index in [0.29, 0.717) is 31.1 Å². The van der Waals surface area contributed by atoms with Gasteiger partial charge in [-0.2, -0.15) is 4.31 Å². The summed E-state index contributed by atoms with van der Waals surface area (Å²) in [5.74, 6) is -0.371. The predicted molar refractivity (Wildman–Crippen MR) is 124 cm³/mol. The number of morpholine rings is 1. The number of nitrogens with one attached hydrogen (secondary N) is 2. The van der Waals surface area contributed by atoms with Crippen LogP contribution in [0.5, 0.6) is 0 Å². The summed E-state index contributed by atoms with van der Waals surface area (Å²) in [6.07, 6.45) is 0. The quantitative estimate of drug-likeness (QED) is 0.573. The molecule has 3 aromatic carbocycles. The first-order valence-electron chi connectivity index (χ1n) is 10.4. The van der Waals surface area contributed by atoms with Gasteiger partial charge in [0.25, 0.3) is 5.91 Å². The molecule has 3 aromatic rings. The molecule has 0 bridgehead atoms. The summed E-state index contributed by atoms with van der Waals surface area (Å²) in [7, 11) is -3.82. The fourth-order valence-corrected chi connectivity index (χ4v) is 5.07. The molecular formula is C24H25N3O4S. The van der Waals surface area contributed by atoms with Gasteiger partial charge in [0.05, 0.1) is 18.9 Å². The Morgan fingerprint density at radius 2 is 1.56 bits per heavy atom. The predicted octanol–water partition coefficient (Wildman–Crippen LogP) is 3.57. The zero-order valence-corrected chi connectivity index (χ0v) is 18.3. The maximum Gasteiger partial charge on any atom is 0.255 e. The first-order chi connectivity index (χ1) is 15.5. The maximum absolute atomic E-state index is 13.5. The molecule has 0 spiro atoms. The number of anilines is 2. The first-order valence-corrected chi connectivity index (χ1v) is 11.8. The molecule has 1 amide bonds. The zero-order valence-electron chi connectivity index (χ0n) is 17.5. The molecule has 7 nitrogen and oxygen atoms in total. The molecule has 32 heavy (non-hydrogen) atoms. The Bertz CT molecular complexity index is 1160. The number of amides is 1. The fourth-order valence-electron chi connectivity index (χ4n) is 3.47. The van der Waals surface area contributed by atoms with Crippen molar-refractivity contribution < 1.29 is 17.9 Å². The van der Waals surface area contributed by atoms with E-state index >= 15 is 0 Å². The van der Waals surface area contributed by atoms with Crippen LogP contribution in [0.25, 0.3) is 0 Å². The highest BCUT2D eigenvalue weighted by molar-refractivity contribution is 7.89. The van der Waals surface area contributed by atoms with Gasteiger partial charge >= 0.3 is 0 Å². The third-order valence-corrected chi connectivity index (χ3v) is 7.13. The molecule has 166 valence electrons. The molecule has 0 unspecified atom stereocenters. The van der Waals surface area contributed by atoms with E-state index in [1.807, 2.05) is 48.5 Å². The average molecular weight is 452 g/mol. The number of sulfonamides is 1. The molecule has 1 aliphatic rings. The number of carbonyl (C=O) groups is 1. The van der Waals surface area contributed by atoms with E-state index < -0.39 is 10.0 Å². The average Bonchev–Trinajstić information content (AvgIpc) is 2.84. The summed E-state index contributed by atoms with van der Waals surface area (Å²) in [6.45, 7) is 1.71. The lowest BCUT2D eigenvalue weighted by Gasteiger charge is -2.27. The van der Waals surface area contributed by atoms with Gasteiger partial charge in [-0.1, -0.05) is 48.5 Å². The Kier molecular flexibility index (Phi) is 6.84. The van der Waals surface area contributed by atoms with Gasteiger partial charge in [0.15, 0.2) is 0 Å². The lowest BCUT2D eigenvalue weighted by Crippen LogP contribution is -2.40. The topological polar surface area (TPSA) is 87.7 Å². The van der Waals surface area contributed by atoms with E-state index in [-0.39, 0.29) is 29.5 Å². The minimum absolute atomic E-state index is 0.0797. The molecule has 0 atom stereocenters. The zero-order chi connectivity index (χ0) is 22.4. The van der Waals surface area contributed by atoms with Crippen LogP contribution in [0.1, 0.15) is 15.9 Å². The number of para-hydroxylation sites is 1. The Balaban J connectivity index is 1.65. The van der Waals surface area contributed by atoms with E-state index in [1.165, 1.54) is 10.4 Å². The number of rotatable bonds is 7. The Morgan fingerprint density at radius 3 is 2.25 bits per heavy atom. The van der Waals surface area contributed by atoms with Gasteiger partial charge in [0, 0.05) is 30.9 Å². The number of nitrogens with zero attached hydrogens (tertiary/aromatic N) is 1. The highest BCUT2D eigenvalue weighted by Gasteiger charge is 2.29. The van der Waals surface area contributed by atoms with E-state index in [2.05, 4.69) is 10.6 Å². The van der Waals surface area contributed by atoms with E-state index in [1.54, 1.807) is 24.3 Å². The van der Waals surface area contributed by atoms with Gasteiger partial charge in [0.2, 0.25) is 10.0 Å². The van der Waals surface area contributed by atoms with Crippen molar-refractivity contribution >= 4 is 27.3 Å². The second-order valence-electron chi connectivity index (χ2n) is 7.39. The van der Waals surface area contributed by atoms with Crippen molar-refractivity contribution in [2.45, 2.75) is 11.4 Å². The molecule has 2 N–H and O–H groups in total. The Morgan fingerprint density at radius 1 is 0.906 bits per heavy atom. The van der Waals surface area contributed by atoms with E-state index in [9.17, 15) is 13.2 Å². The lowest BCUT2D eigenvalue weighted by molar-refractivity contribution is 0.0730. The minimum Gasteiger partial charge on any atom is -0.380 e. The van der Waals surface area contributed by atoms with Crippen molar-refractivity contribution in [1.29, 1.82) is 0 Å². The van der Waals surface area contributed by atoms with Gasteiger partial charge in [-0.15, -0.1) is 0 Å². The highest BCUT2D eigenvalue weighted by atomic mass is 32.2. The third-order valence-electron chi connectivity index (χ3n) is 5.19. The van der Waals surface area contributed by atoms with Gasteiger partial charge in [-0.05, 0) is 35.9 Å². The smallest absolute Gasteiger partial charge is 0.255 e. The number of carbonyl (C=O) groups excluding carboxylic acids is 1. The van der Waals surface area contributed by atoms with Crippen molar-refractivity contribution in [3.63, 3.8) is 0 Å². The molecule has 1 fully saturated rings. The summed E-state index contributed by atoms with van der Waals surface area (Å²) in [4.78, 5) is 12.9. The van der Waals surface area contributed by atoms with E-state index in [4.69, 9.17) is 4.74 Å². The largest absolute Gasteiger partial charge is 0.380 e. The fraction of sp³-hybridized carbons (Fsp3) is 0.208. The molecule has 0 saturated carbocycles. The van der Waals surface area contributed by atoms with Crippen LogP contribution in [0, 0.1) is 0 Å². The molecule has 0 aliphatic carbocycles. The molecule has 0 aromatic heterocycles. The van der Waals surface area contributed by atoms with Crippen molar-refractivity contribution in [2.75, 3.05) is 36.9 Å². The summed E-state index contributed by atoms with van der Waals surface area (Å²) in [6, 6.07) is 23.5. The molecule has 1 saturated heterocycles. The molecular weight excluding hydrogens is 426 g/mol.